The van der Waals surface area contributed by atoms with Gasteiger partial charge in [-0.25, -0.2) is 0 Å². The number of nitrogens with zero attached hydrogens (tertiary/aromatic N) is 1. The van der Waals surface area contributed by atoms with E-state index in [1.807, 2.05) is 23.1 Å². The highest BCUT2D eigenvalue weighted by atomic mass is 16.5. The Balaban J connectivity index is 1.41. The molecule has 0 aromatic heterocycles. The molecule has 2 heterocycles. The second-order valence-corrected chi connectivity index (χ2v) is 6.80. The predicted molar refractivity (Wildman–Crippen MR) is 92.4 cm³/mol. The average molecular weight is 332 g/mol. The first-order chi connectivity index (χ1) is 11.7. The average Bonchev–Trinajstić information content (AvgIpc) is 2.67. The van der Waals surface area contributed by atoms with Gasteiger partial charge in [0.1, 0.15) is 0 Å². The van der Waals surface area contributed by atoms with Crippen molar-refractivity contribution in [3.63, 3.8) is 0 Å². The minimum atomic E-state index is -0.379. The van der Waals surface area contributed by atoms with Gasteiger partial charge in [-0.1, -0.05) is 30.3 Å². The molecule has 5 nitrogen and oxygen atoms in total. The summed E-state index contributed by atoms with van der Waals surface area (Å²) >= 11 is 0. The molecular formula is C19H28N2O3. The highest BCUT2D eigenvalue weighted by molar-refractivity contribution is 5.82. The normalized spacial score (nSPS) is 21.6. The Kier molecular flexibility index (Phi) is 6.24. The number of nitrogens with two attached hydrogens (primary N) is 1. The van der Waals surface area contributed by atoms with Gasteiger partial charge in [-0.15, -0.1) is 0 Å². The molecule has 0 spiro atoms. The third-order valence-electron chi connectivity index (χ3n) is 5.14. The van der Waals surface area contributed by atoms with E-state index in [1.54, 1.807) is 0 Å². The van der Waals surface area contributed by atoms with Crippen LogP contribution in [0.2, 0.25) is 0 Å². The fourth-order valence-corrected chi connectivity index (χ4v) is 3.52. The van der Waals surface area contributed by atoms with Crippen LogP contribution in [-0.4, -0.2) is 49.3 Å². The first-order valence-electron chi connectivity index (χ1n) is 9.01. The quantitative estimate of drug-likeness (QED) is 0.895. The third kappa shape index (κ3) is 4.56. The van der Waals surface area contributed by atoms with Gasteiger partial charge in [-0.3, -0.25) is 4.79 Å². The Bertz CT molecular complexity index is 509. The molecule has 0 aliphatic carbocycles. The number of hydrogen-bond acceptors (Lipinski definition) is 4. The lowest BCUT2D eigenvalue weighted by Crippen LogP contribution is -2.51. The number of benzene rings is 1. The molecular weight excluding hydrogens is 304 g/mol. The molecule has 1 aromatic rings. The largest absolute Gasteiger partial charge is 0.381 e. The number of carbonyl (C=O) groups is 1. The van der Waals surface area contributed by atoms with Crippen LogP contribution in [0.5, 0.6) is 0 Å². The van der Waals surface area contributed by atoms with Gasteiger partial charge in [-0.05, 0) is 37.2 Å². The molecule has 24 heavy (non-hydrogen) atoms. The first-order valence-corrected chi connectivity index (χ1v) is 9.01. The molecule has 0 bridgehead atoms. The van der Waals surface area contributed by atoms with E-state index in [-0.39, 0.29) is 24.0 Å². The summed E-state index contributed by atoms with van der Waals surface area (Å²) in [6.07, 6.45) is 3.79. The summed E-state index contributed by atoms with van der Waals surface area (Å²) in [6, 6.07) is 9.83. The molecule has 132 valence electrons. The Labute approximate surface area is 144 Å². The molecule has 2 N–H and O–H groups in total. The number of hydrogen-bond donors (Lipinski definition) is 1. The molecule has 0 saturated carbocycles. The van der Waals surface area contributed by atoms with Crippen LogP contribution < -0.4 is 5.73 Å². The van der Waals surface area contributed by atoms with Gasteiger partial charge in [0.15, 0.2) is 0 Å². The van der Waals surface area contributed by atoms with E-state index in [1.165, 1.54) is 5.56 Å². The Morgan fingerprint density at radius 1 is 1.17 bits per heavy atom. The molecule has 5 heteroatoms. The van der Waals surface area contributed by atoms with E-state index in [0.29, 0.717) is 6.61 Å². The van der Waals surface area contributed by atoms with Crippen molar-refractivity contribution < 1.29 is 14.3 Å². The Hall–Kier alpha value is -1.43. The monoisotopic (exact) mass is 332 g/mol. The lowest BCUT2D eigenvalue weighted by atomic mass is 9.91. The summed E-state index contributed by atoms with van der Waals surface area (Å²) in [6.45, 7) is 3.58. The maximum Gasteiger partial charge on any atom is 0.239 e. The minimum Gasteiger partial charge on any atom is -0.381 e. The minimum absolute atomic E-state index is 0.100. The molecule has 1 aromatic carbocycles. The zero-order valence-electron chi connectivity index (χ0n) is 14.2. The van der Waals surface area contributed by atoms with Crippen molar-refractivity contribution in [2.75, 3.05) is 26.3 Å². The lowest BCUT2D eigenvalue weighted by molar-refractivity contribution is -0.137. The fraction of sp³-hybridized carbons (Fsp3) is 0.632. The summed E-state index contributed by atoms with van der Waals surface area (Å²) in [4.78, 5) is 14.5. The van der Waals surface area contributed by atoms with Crippen LogP contribution in [-0.2, 0) is 20.9 Å². The van der Waals surface area contributed by atoms with Gasteiger partial charge >= 0.3 is 0 Å². The maximum atomic E-state index is 12.6. The number of piperidine rings is 1. The zero-order valence-corrected chi connectivity index (χ0v) is 14.2. The van der Waals surface area contributed by atoms with Gasteiger partial charge < -0.3 is 20.1 Å². The van der Waals surface area contributed by atoms with Gasteiger partial charge in [0.25, 0.3) is 0 Å². The van der Waals surface area contributed by atoms with E-state index in [2.05, 4.69) is 12.1 Å². The van der Waals surface area contributed by atoms with Gasteiger partial charge in [0.2, 0.25) is 5.91 Å². The zero-order chi connectivity index (χ0) is 16.8. The van der Waals surface area contributed by atoms with Crippen molar-refractivity contribution in [3.05, 3.63) is 35.9 Å². The van der Waals surface area contributed by atoms with Crippen LogP contribution >= 0.6 is 0 Å². The molecule has 1 unspecified atom stereocenters. The number of carbonyl (C=O) groups excluding carboxylic acids is 1. The van der Waals surface area contributed by atoms with Crippen LogP contribution in [0.15, 0.2) is 30.3 Å². The van der Waals surface area contributed by atoms with Crippen molar-refractivity contribution in [1.29, 1.82) is 0 Å². The van der Waals surface area contributed by atoms with Crippen molar-refractivity contribution in [3.8, 4) is 0 Å². The van der Waals surface area contributed by atoms with E-state index in [0.717, 1.165) is 52.0 Å². The standard InChI is InChI=1S/C19H28N2O3/c20-18(16-8-12-23-13-9-16)19(22)21-10-6-17(7-11-21)24-14-15-4-2-1-3-5-15/h1-5,16-18H,6-14,20H2. The van der Waals surface area contributed by atoms with Crippen LogP contribution in [0.1, 0.15) is 31.2 Å². The summed E-state index contributed by atoms with van der Waals surface area (Å²) in [5.41, 5.74) is 7.41. The molecule has 1 atom stereocenters. The van der Waals surface area contributed by atoms with E-state index in [4.69, 9.17) is 15.2 Å². The molecule has 2 saturated heterocycles. The van der Waals surface area contributed by atoms with E-state index >= 15 is 0 Å². The third-order valence-corrected chi connectivity index (χ3v) is 5.14. The highest BCUT2D eigenvalue weighted by Crippen LogP contribution is 2.21. The van der Waals surface area contributed by atoms with Gasteiger partial charge in [-0.2, -0.15) is 0 Å². The Morgan fingerprint density at radius 3 is 2.50 bits per heavy atom. The van der Waals surface area contributed by atoms with Gasteiger partial charge in [0, 0.05) is 26.3 Å². The smallest absolute Gasteiger partial charge is 0.239 e. The molecule has 2 fully saturated rings. The van der Waals surface area contributed by atoms with Crippen LogP contribution in [0.25, 0.3) is 0 Å². The van der Waals surface area contributed by atoms with Crippen molar-refractivity contribution >= 4 is 5.91 Å². The fourth-order valence-electron chi connectivity index (χ4n) is 3.52. The number of rotatable bonds is 5. The number of ether oxygens (including phenoxy) is 2. The molecule has 0 radical (unpaired) electrons. The Morgan fingerprint density at radius 2 is 1.83 bits per heavy atom. The van der Waals surface area contributed by atoms with E-state index in [9.17, 15) is 4.79 Å². The summed E-state index contributed by atoms with van der Waals surface area (Å²) in [5, 5.41) is 0. The van der Waals surface area contributed by atoms with Crippen molar-refractivity contribution in [2.45, 2.75) is 44.4 Å². The highest BCUT2D eigenvalue weighted by Gasteiger charge is 2.32. The number of amides is 1. The first kappa shape index (κ1) is 17.4. The summed E-state index contributed by atoms with van der Waals surface area (Å²) < 4.78 is 11.3. The van der Waals surface area contributed by atoms with Crippen molar-refractivity contribution in [1.82, 2.24) is 4.90 Å². The lowest BCUT2D eigenvalue weighted by Gasteiger charge is -2.36. The summed E-state index contributed by atoms with van der Waals surface area (Å²) in [7, 11) is 0. The van der Waals surface area contributed by atoms with Crippen molar-refractivity contribution in [2.24, 2.45) is 11.7 Å². The molecule has 3 rings (SSSR count). The van der Waals surface area contributed by atoms with Gasteiger partial charge in [0.05, 0.1) is 18.8 Å². The SMILES string of the molecule is NC(C(=O)N1CCC(OCc2ccccc2)CC1)C1CCOCC1. The van der Waals surface area contributed by atoms with E-state index < -0.39 is 0 Å². The summed E-state index contributed by atoms with van der Waals surface area (Å²) in [5.74, 6) is 0.363. The maximum absolute atomic E-state index is 12.6. The second-order valence-electron chi connectivity index (χ2n) is 6.80. The topological polar surface area (TPSA) is 64.8 Å². The second kappa shape index (κ2) is 8.60. The molecule has 1 amide bonds. The predicted octanol–water partition coefficient (Wildman–Crippen LogP) is 1.95. The van der Waals surface area contributed by atoms with Crippen LogP contribution in [0.3, 0.4) is 0 Å². The molecule has 2 aliphatic heterocycles. The van der Waals surface area contributed by atoms with Crippen LogP contribution in [0.4, 0.5) is 0 Å². The van der Waals surface area contributed by atoms with Crippen LogP contribution in [0, 0.1) is 5.92 Å². The number of likely N-dealkylation sites (tertiary alicyclic amines) is 1. The molecule has 2 aliphatic rings.